The molecule has 0 spiro atoms. The van der Waals surface area contributed by atoms with Crippen molar-refractivity contribution in [3.8, 4) is 0 Å². The van der Waals surface area contributed by atoms with Crippen LogP contribution < -0.4 is 0 Å². The van der Waals surface area contributed by atoms with Gasteiger partial charge in [-0.05, 0) is 7.05 Å². The first-order valence-electron chi connectivity index (χ1n) is 4.62. The number of oxazole rings is 1. The molecule has 0 amide bonds. The smallest absolute Gasteiger partial charge is 0.180 e. The molecule has 1 fully saturated rings. The predicted molar refractivity (Wildman–Crippen MR) is 49.3 cm³/mol. The van der Waals surface area contributed by atoms with Gasteiger partial charge in [-0.15, -0.1) is 0 Å². The number of rotatable bonds is 2. The second kappa shape index (κ2) is 3.89. The van der Waals surface area contributed by atoms with E-state index in [1.165, 1.54) is 6.39 Å². The zero-order valence-electron chi connectivity index (χ0n) is 7.94. The zero-order valence-corrected chi connectivity index (χ0v) is 7.94. The zero-order chi connectivity index (χ0) is 9.10. The van der Waals surface area contributed by atoms with Crippen molar-refractivity contribution < 1.29 is 4.42 Å². The number of hydrogen-bond donors (Lipinski definition) is 0. The maximum Gasteiger partial charge on any atom is 0.180 e. The largest absolute Gasteiger partial charge is 0.451 e. The maximum absolute atomic E-state index is 4.93. The maximum atomic E-state index is 4.93. The molecule has 2 rings (SSSR count). The van der Waals surface area contributed by atoms with Crippen molar-refractivity contribution in [1.29, 1.82) is 0 Å². The van der Waals surface area contributed by atoms with Gasteiger partial charge in [0.15, 0.2) is 6.39 Å². The second-order valence-electron chi connectivity index (χ2n) is 3.56. The minimum atomic E-state index is 0.921. The molecule has 1 aliphatic heterocycles. The normalized spacial score (nSPS) is 20.7. The number of hydrogen-bond acceptors (Lipinski definition) is 4. The summed E-state index contributed by atoms with van der Waals surface area (Å²) in [7, 11) is 2.16. The highest BCUT2D eigenvalue weighted by Crippen LogP contribution is 2.05. The molecule has 13 heavy (non-hydrogen) atoms. The van der Waals surface area contributed by atoms with E-state index in [0.29, 0.717) is 0 Å². The lowest BCUT2D eigenvalue weighted by atomic mass is 10.3. The van der Waals surface area contributed by atoms with Crippen molar-refractivity contribution >= 4 is 0 Å². The molecule has 0 bridgehead atoms. The van der Waals surface area contributed by atoms with Gasteiger partial charge >= 0.3 is 0 Å². The molecule has 0 aliphatic carbocycles. The van der Waals surface area contributed by atoms with Crippen LogP contribution in [0, 0.1) is 0 Å². The van der Waals surface area contributed by atoms with Crippen molar-refractivity contribution in [1.82, 2.24) is 14.8 Å². The number of nitrogens with zero attached hydrogens (tertiary/aromatic N) is 3. The Morgan fingerprint density at radius 1 is 1.38 bits per heavy atom. The van der Waals surface area contributed by atoms with Crippen LogP contribution in [0.1, 0.15) is 5.69 Å². The molecule has 4 nitrogen and oxygen atoms in total. The van der Waals surface area contributed by atoms with Crippen LogP contribution in [0.2, 0.25) is 0 Å². The van der Waals surface area contributed by atoms with Crippen LogP contribution >= 0.6 is 0 Å². The average Bonchev–Trinajstić information content (AvgIpc) is 2.62. The first-order valence-corrected chi connectivity index (χ1v) is 4.62. The third-order valence-electron chi connectivity index (χ3n) is 2.46. The quantitative estimate of drug-likeness (QED) is 0.662. The van der Waals surface area contributed by atoms with Gasteiger partial charge in [-0.2, -0.15) is 0 Å². The molecule has 0 saturated carbocycles. The molecule has 1 aromatic rings. The average molecular weight is 181 g/mol. The summed E-state index contributed by atoms with van der Waals surface area (Å²) in [5.41, 5.74) is 1.03. The first kappa shape index (κ1) is 8.72. The van der Waals surface area contributed by atoms with Gasteiger partial charge in [0.2, 0.25) is 0 Å². The Morgan fingerprint density at radius 2 is 2.15 bits per heavy atom. The van der Waals surface area contributed by atoms with Crippen LogP contribution in [0.25, 0.3) is 0 Å². The second-order valence-corrected chi connectivity index (χ2v) is 3.56. The van der Waals surface area contributed by atoms with Gasteiger partial charge in [0.1, 0.15) is 6.26 Å². The van der Waals surface area contributed by atoms with Gasteiger partial charge in [0, 0.05) is 32.7 Å². The summed E-state index contributed by atoms with van der Waals surface area (Å²) < 4.78 is 4.93. The summed E-state index contributed by atoms with van der Waals surface area (Å²) in [4.78, 5) is 8.85. The molecule has 0 unspecified atom stereocenters. The van der Waals surface area contributed by atoms with Crippen molar-refractivity contribution in [2.24, 2.45) is 0 Å². The molecular weight excluding hydrogens is 166 g/mol. The Bertz CT molecular complexity index is 239. The summed E-state index contributed by atoms with van der Waals surface area (Å²) in [6, 6.07) is 0. The van der Waals surface area contributed by atoms with Gasteiger partial charge < -0.3 is 9.32 Å². The van der Waals surface area contributed by atoms with Crippen LogP contribution in [0.4, 0.5) is 0 Å². The highest BCUT2D eigenvalue weighted by molar-refractivity contribution is 4.91. The summed E-state index contributed by atoms with van der Waals surface area (Å²) >= 11 is 0. The minimum absolute atomic E-state index is 0.921. The monoisotopic (exact) mass is 181 g/mol. The van der Waals surface area contributed by atoms with Gasteiger partial charge in [-0.1, -0.05) is 0 Å². The molecule has 4 heteroatoms. The third-order valence-corrected chi connectivity index (χ3v) is 2.46. The molecule has 2 heterocycles. The Hall–Kier alpha value is -0.870. The summed E-state index contributed by atoms with van der Waals surface area (Å²) in [6.45, 7) is 5.48. The van der Waals surface area contributed by atoms with Crippen LogP contribution in [0.3, 0.4) is 0 Å². The van der Waals surface area contributed by atoms with E-state index in [-0.39, 0.29) is 0 Å². The Morgan fingerprint density at radius 3 is 2.77 bits per heavy atom. The highest BCUT2D eigenvalue weighted by atomic mass is 16.3. The number of aromatic nitrogens is 1. The Kier molecular flexibility index (Phi) is 2.61. The van der Waals surface area contributed by atoms with E-state index in [2.05, 4.69) is 21.8 Å². The SMILES string of the molecule is CN1CCN(Cc2cocn2)CC1. The summed E-state index contributed by atoms with van der Waals surface area (Å²) in [5, 5.41) is 0. The molecular formula is C9H15N3O. The van der Waals surface area contributed by atoms with Crippen molar-refractivity contribution in [3.05, 3.63) is 18.4 Å². The number of piperazine rings is 1. The molecule has 1 saturated heterocycles. The topological polar surface area (TPSA) is 32.5 Å². The van der Waals surface area contributed by atoms with Crippen LogP contribution in [0.5, 0.6) is 0 Å². The Balaban J connectivity index is 1.83. The molecule has 0 atom stereocenters. The van der Waals surface area contributed by atoms with E-state index in [1.54, 1.807) is 6.26 Å². The molecule has 1 aliphatic rings. The third kappa shape index (κ3) is 2.29. The van der Waals surface area contributed by atoms with E-state index in [9.17, 15) is 0 Å². The summed E-state index contributed by atoms with van der Waals surface area (Å²) in [6.07, 6.45) is 3.21. The summed E-state index contributed by atoms with van der Waals surface area (Å²) in [5.74, 6) is 0. The first-order chi connectivity index (χ1) is 6.34. The van der Waals surface area contributed by atoms with Gasteiger partial charge in [-0.3, -0.25) is 4.90 Å². The van der Waals surface area contributed by atoms with Gasteiger partial charge in [0.05, 0.1) is 5.69 Å². The van der Waals surface area contributed by atoms with Crippen LogP contribution in [-0.4, -0.2) is 48.0 Å². The molecule has 1 aromatic heterocycles. The van der Waals surface area contributed by atoms with Gasteiger partial charge in [0.25, 0.3) is 0 Å². The lowest BCUT2D eigenvalue weighted by Crippen LogP contribution is -2.43. The molecule has 0 aromatic carbocycles. The van der Waals surface area contributed by atoms with Gasteiger partial charge in [-0.25, -0.2) is 4.98 Å². The minimum Gasteiger partial charge on any atom is -0.451 e. The lowest BCUT2D eigenvalue weighted by Gasteiger charge is -2.31. The van der Waals surface area contributed by atoms with Crippen LogP contribution in [-0.2, 0) is 6.54 Å². The van der Waals surface area contributed by atoms with Crippen molar-refractivity contribution in [3.63, 3.8) is 0 Å². The van der Waals surface area contributed by atoms with E-state index in [1.807, 2.05) is 0 Å². The van der Waals surface area contributed by atoms with Crippen LogP contribution in [0.15, 0.2) is 17.1 Å². The molecule has 72 valence electrons. The Labute approximate surface area is 78.1 Å². The van der Waals surface area contributed by atoms with E-state index in [4.69, 9.17) is 4.42 Å². The standard InChI is InChI=1S/C9H15N3O/c1-11-2-4-12(5-3-11)6-9-7-13-8-10-9/h7-8H,2-6H2,1H3. The van der Waals surface area contributed by atoms with Crippen molar-refractivity contribution in [2.75, 3.05) is 33.2 Å². The fourth-order valence-electron chi connectivity index (χ4n) is 1.55. The van der Waals surface area contributed by atoms with Crippen molar-refractivity contribution in [2.45, 2.75) is 6.54 Å². The molecule has 0 N–H and O–H groups in total. The van der Waals surface area contributed by atoms with E-state index < -0.39 is 0 Å². The predicted octanol–water partition coefficient (Wildman–Crippen LogP) is 0.422. The van der Waals surface area contributed by atoms with E-state index in [0.717, 1.165) is 38.4 Å². The fourth-order valence-corrected chi connectivity index (χ4v) is 1.55. The lowest BCUT2D eigenvalue weighted by molar-refractivity contribution is 0.147. The number of likely N-dealkylation sites (N-methyl/N-ethyl adjacent to an activating group) is 1. The fraction of sp³-hybridized carbons (Fsp3) is 0.667. The highest BCUT2D eigenvalue weighted by Gasteiger charge is 2.14. The molecule has 0 radical (unpaired) electrons. The van der Waals surface area contributed by atoms with E-state index >= 15 is 0 Å².